The van der Waals surface area contributed by atoms with E-state index in [0.717, 1.165) is 17.6 Å². The lowest BCUT2D eigenvalue weighted by Gasteiger charge is -2.11. The van der Waals surface area contributed by atoms with Gasteiger partial charge in [-0.25, -0.2) is 4.79 Å². The molecule has 1 aliphatic rings. The van der Waals surface area contributed by atoms with Gasteiger partial charge in [-0.15, -0.1) is 0 Å². The van der Waals surface area contributed by atoms with Crippen molar-refractivity contribution in [3.63, 3.8) is 0 Å². The molecule has 2 aromatic heterocycles. The van der Waals surface area contributed by atoms with Crippen molar-refractivity contribution in [1.29, 1.82) is 0 Å². The van der Waals surface area contributed by atoms with Crippen LogP contribution in [-0.2, 0) is 11.3 Å². The summed E-state index contributed by atoms with van der Waals surface area (Å²) in [7, 11) is 1.41. The van der Waals surface area contributed by atoms with Gasteiger partial charge >= 0.3 is 5.97 Å². The Kier molecular flexibility index (Phi) is 3.22. The number of hydrogen-bond donors (Lipinski definition) is 0. The topological polar surface area (TPSA) is 49.1 Å². The van der Waals surface area contributed by atoms with Gasteiger partial charge in [-0.05, 0) is 50.1 Å². The van der Waals surface area contributed by atoms with Gasteiger partial charge in [0.25, 0.3) is 0 Å². The zero-order valence-electron chi connectivity index (χ0n) is 13.3. The summed E-state index contributed by atoms with van der Waals surface area (Å²) in [6.07, 6.45) is 4.26. The molecular formula is C18H19N3O2. The molecule has 0 aliphatic heterocycles. The third-order valence-electron chi connectivity index (χ3n) is 4.49. The Balaban J connectivity index is 1.81. The number of carbonyl (C=O) groups excluding carboxylic acids is 1. The SMILES string of the molecule is COC(=O)c1ccc2c(c1)cc(Cn1nccc1C)n2C1CC1. The monoisotopic (exact) mass is 309 g/mol. The Morgan fingerprint density at radius 3 is 2.78 bits per heavy atom. The quantitative estimate of drug-likeness (QED) is 0.695. The van der Waals surface area contributed by atoms with E-state index in [0.29, 0.717) is 11.6 Å². The summed E-state index contributed by atoms with van der Waals surface area (Å²) in [4.78, 5) is 11.8. The van der Waals surface area contributed by atoms with E-state index >= 15 is 0 Å². The van der Waals surface area contributed by atoms with Crippen LogP contribution in [0.25, 0.3) is 10.9 Å². The highest BCUT2D eigenvalue weighted by atomic mass is 16.5. The van der Waals surface area contributed by atoms with Crippen molar-refractivity contribution in [2.75, 3.05) is 7.11 Å². The van der Waals surface area contributed by atoms with Gasteiger partial charge in [-0.1, -0.05) is 0 Å². The minimum Gasteiger partial charge on any atom is -0.465 e. The van der Waals surface area contributed by atoms with Gasteiger partial charge in [-0.2, -0.15) is 5.10 Å². The van der Waals surface area contributed by atoms with E-state index in [1.165, 1.54) is 31.2 Å². The molecule has 0 saturated heterocycles. The maximum atomic E-state index is 11.8. The maximum absolute atomic E-state index is 11.8. The average Bonchev–Trinajstić information content (AvgIpc) is 3.22. The number of nitrogens with zero attached hydrogens (tertiary/aromatic N) is 3. The molecule has 3 aromatic rings. The number of methoxy groups -OCH3 is 1. The van der Waals surface area contributed by atoms with Crippen molar-refractivity contribution in [1.82, 2.24) is 14.3 Å². The molecule has 23 heavy (non-hydrogen) atoms. The molecule has 0 atom stereocenters. The molecule has 1 fully saturated rings. The van der Waals surface area contributed by atoms with Gasteiger partial charge in [0.05, 0.1) is 19.2 Å². The first-order chi connectivity index (χ1) is 11.2. The third kappa shape index (κ3) is 2.42. The summed E-state index contributed by atoms with van der Waals surface area (Å²) in [5.74, 6) is -0.296. The van der Waals surface area contributed by atoms with Gasteiger partial charge in [-0.3, -0.25) is 4.68 Å². The minimum absolute atomic E-state index is 0.296. The molecule has 1 aromatic carbocycles. The van der Waals surface area contributed by atoms with Gasteiger partial charge in [0.1, 0.15) is 0 Å². The molecule has 2 heterocycles. The first-order valence-electron chi connectivity index (χ1n) is 7.88. The lowest BCUT2D eigenvalue weighted by atomic mass is 10.1. The first kappa shape index (κ1) is 14.1. The van der Waals surface area contributed by atoms with E-state index in [1.54, 1.807) is 0 Å². The highest BCUT2D eigenvalue weighted by Gasteiger charge is 2.27. The number of ether oxygens (including phenoxy) is 1. The first-order valence-corrected chi connectivity index (χ1v) is 7.88. The largest absolute Gasteiger partial charge is 0.465 e. The van der Waals surface area contributed by atoms with Crippen molar-refractivity contribution >= 4 is 16.9 Å². The van der Waals surface area contributed by atoms with Crippen LogP contribution in [-0.4, -0.2) is 27.4 Å². The molecule has 5 nitrogen and oxygen atoms in total. The number of fused-ring (bicyclic) bond motifs is 1. The van der Waals surface area contributed by atoms with Crippen LogP contribution in [0.1, 0.15) is 40.6 Å². The van der Waals surface area contributed by atoms with Gasteiger partial charge in [0, 0.05) is 34.5 Å². The summed E-state index contributed by atoms with van der Waals surface area (Å²) in [5, 5.41) is 5.47. The van der Waals surface area contributed by atoms with Gasteiger partial charge in [0.2, 0.25) is 0 Å². The predicted octanol–water partition coefficient (Wildman–Crippen LogP) is 3.32. The number of carbonyl (C=O) groups is 1. The number of aromatic nitrogens is 3. The van der Waals surface area contributed by atoms with Crippen LogP contribution < -0.4 is 0 Å². The number of rotatable bonds is 4. The smallest absolute Gasteiger partial charge is 0.337 e. The van der Waals surface area contributed by atoms with E-state index in [1.807, 2.05) is 35.1 Å². The van der Waals surface area contributed by atoms with Crippen LogP contribution in [0.5, 0.6) is 0 Å². The molecule has 1 aliphatic carbocycles. The fourth-order valence-electron chi connectivity index (χ4n) is 3.14. The zero-order valence-corrected chi connectivity index (χ0v) is 13.3. The van der Waals surface area contributed by atoms with E-state index in [-0.39, 0.29) is 5.97 Å². The lowest BCUT2D eigenvalue weighted by Crippen LogP contribution is -2.08. The minimum atomic E-state index is -0.296. The second kappa shape index (κ2) is 5.26. The van der Waals surface area contributed by atoms with Crippen molar-refractivity contribution in [2.24, 2.45) is 0 Å². The highest BCUT2D eigenvalue weighted by Crippen LogP contribution is 2.40. The summed E-state index contributed by atoms with van der Waals surface area (Å²) in [5.41, 5.74) is 4.15. The standard InChI is InChI=1S/C18H19N3O2/c1-12-7-8-19-20(12)11-16-10-14-9-13(18(22)23-2)3-6-17(14)21(16)15-4-5-15/h3,6-10,15H,4-5,11H2,1-2H3. The van der Waals surface area contributed by atoms with Crippen LogP contribution in [0, 0.1) is 6.92 Å². The number of hydrogen-bond acceptors (Lipinski definition) is 3. The van der Waals surface area contributed by atoms with Gasteiger partial charge in [0.15, 0.2) is 0 Å². The number of aryl methyl sites for hydroxylation is 1. The van der Waals surface area contributed by atoms with Crippen molar-refractivity contribution in [2.45, 2.75) is 32.4 Å². The van der Waals surface area contributed by atoms with Crippen LogP contribution in [0.4, 0.5) is 0 Å². The Bertz CT molecular complexity index is 887. The molecule has 118 valence electrons. The Morgan fingerprint density at radius 2 is 2.13 bits per heavy atom. The summed E-state index contributed by atoms with van der Waals surface area (Å²) < 4.78 is 9.23. The van der Waals surface area contributed by atoms with Crippen LogP contribution in [0.2, 0.25) is 0 Å². The maximum Gasteiger partial charge on any atom is 0.337 e. The third-order valence-corrected chi connectivity index (χ3v) is 4.49. The molecule has 1 saturated carbocycles. The highest BCUT2D eigenvalue weighted by molar-refractivity contribution is 5.95. The lowest BCUT2D eigenvalue weighted by molar-refractivity contribution is 0.0601. The molecule has 0 amide bonds. The van der Waals surface area contributed by atoms with Crippen LogP contribution >= 0.6 is 0 Å². The van der Waals surface area contributed by atoms with Crippen LogP contribution in [0.3, 0.4) is 0 Å². The van der Waals surface area contributed by atoms with Crippen molar-refractivity contribution in [3.05, 3.63) is 53.5 Å². The fourth-order valence-corrected chi connectivity index (χ4v) is 3.14. The second-order valence-electron chi connectivity index (χ2n) is 6.13. The summed E-state index contributed by atoms with van der Waals surface area (Å²) >= 11 is 0. The average molecular weight is 309 g/mol. The normalized spacial score (nSPS) is 14.3. The predicted molar refractivity (Wildman–Crippen MR) is 87.6 cm³/mol. The Labute approximate surface area is 134 Å². The second-order valence-corrected chi connectivity index (χ2v) is 6.13. The molecule has 0 radical (unpaired) electrons. The van der Waals surface area contributed by atoms with E-state index in [4.69, 9.17) is 4.74 Å². The summed E-state index contributed by atoms with van der Waals surface area (Å²) in [6.45, 7) is 2.81. The van der Waals surface area contributed by atoms with E-state index in [2.05, 4.69) is 22.7 Å². The van der Waals surface area contributed by atoms with Crippen molar-refractivity contribution in [3.8, 4) is 0 Å². The van der Waals surface area contributed by atoms with E-state index in [9.17, 15) is 4.79 Å². The Morgan fingerprint density at radius 1 is 1.30 bits per heavy atom. The molecular weight excluding hydrogens is 290 g/mol. The molecule has 0 spiro atoms. The number of benzene rings is 1. The fraction of sp³-hybridized carbons (Fsp3) is 0.333. The molecule has 0 N–H and O–H groups in total. The number of esters is 1. The van der Waals surface area contributed by atoms with E-state index < -0.39 is 0 Å². The van der Waals surface area contributed by atoms with Crippen LogP contribution in [0.15, 0.2) is 36.5 Å². The van der Waals surface area contributed by atoms with Crippen molar-refractivity contribution < 1.29 is 9.53 Å². The molecule has 5 heteroatoms. The summed E-state index contributed by atoms with van der Waals surface area (Å²) in [6, 6.07) is 10.5. The molecule has 0 unspecified atom stereocenters. The molecule has 4 rings (SSSR count). The zero-order chi connectivity index (χ0) is 16.0. The molecule has 0 bridgehead atoms. The van der Waals surface area contributed by atoms with Gasteiger partial charge < -0.3 is 9.30 Å². The Hall–Kier alpha value is -2.56.